The first-order valence-electron chi connectivity index (χ1n) is 6.42. The molecule has 1 aromatic carbocycles. The lowest BCUT2D eigenvalue weighted by Gasteiger charge is -2.10. The zero-order valence-electron chi connectivity index (χ0n) is 11.3. The predicted octanol–water partition coefficient (Wildman–Crippen LogP) is 3.53. The SMILES string of the molecule is CCC[C@H](C)CCOS(=O)(=O)c1ccc(C)cc1. The summed E-state index contributed by atoms with van der Waals surface area (Å²) in [6.45, 7) is 6.42. The Bertz CT molecular complexity index is 448. The first kappa shape index (κ1) is 15.2. The molecule has 0 fully saturated rings. The molecule has 0 spiro atoms. The topological polar surface area (TPSA) is 43.4 Å². The van der Waals surface area contributed by atoms with Gasteiger partial charge in [0, 0.05) is 0 Å². The molecule has 3 nitrogen and oxygen atoms in total. The maximum atomic E-state index is 11.9. The molecule has 0 aliphatic rings. The lowest BCUT2D eigenvalue weighted by molar-refractivity contribution is 0.282. The van der Waals surface area contributed by atoms with Gasteiger partial charge in [0.25, 0.3) is 10.1 Å². The largest absolute Gasteiger partial charge is 0.296 e. The fourth-order valence-electron chi connectivity index (χ4n) is 1.77. The van der Waals surface area contributed by atoms with E-state index in [0.29, 0.717) is 5.92 Å². The second-order valence-electron chi connectivity index (χ2n) is 4.77. The third-order valence-corrected chi connectivity index (χ3v) is 4.27. The molecule has 0 saturated carbocycles. The lowest BCUT2D eigenvalue weighted by atomic mass is 10.0. The molecule has 0 amide bonds. The van der Waals surface area contributed by atoms with E-state index < -0.39 is 10.1 Å². The van der Waals surface area contributed by atoms with Gasteiger partial charge < -0.3 is 0 Å². The molecule has 0 heterocycles. The Morgan fingerprint density at radius 1 is 1.17 bits per heavy atom. The van der Waals surface area contributed by atoms with Crippen LogP contribution in [0, 0.1) is 12.8 Å². The molecule has 0 unspecified atom stereocenters. The van der Waals surface area contributed by atoms with Crippen molar-refractivity contribution in [2.24, 2.45) is 5.92 Å². The predicted molar refractivity (Wildman–Crippen MR) is 73.0 cm³/mol. The van der Waals surface area contributed by atoms with Crippen molar-refractivity contribution in [1.82, 2.24) is 0 Å². The summed E-state index contributed by atoms with van der Waals surface area (Å²) < 4.78 is 28.8. The van der Waals surface area contributed by atoms with E-state index in [0.717, 1.165) is 24.8 Å². The van der Waals surface area contributed by atoms with Crippen LogP contribution in [0.5, 0.6) is 0 Å². The summed E-state index contributed by atoms with van der Waals surface area (Å²) in [6.07, 6.45) is 3.00. The number of aryl methyl sites for hydroxylation is 1. The molecule has 4 heteroatoms. The summed E-state index contributed by atoms with van der Waals surface area (Å²) in [4.78, 5) is 0.233. The van der Waals surface area contributed by atoms with Crippen molar-refractivity contribution in [3.05, 3.63) is 29.8 Å². The summed E-state index contributed by atoms with van der Waals surface area (Å²) in [7, 11) is -3.59. The van der Waals surface area contributed by atoms with Gasteiger partial charge in [0.15, 0.2) is 0 Å². The molecule has 102 valence electrons. The first-order chi connectivity index (χ1) is 8.45. The van der Waals surface area contributed by atoms with Crippen LogP contribution in [0.15, 0.2) is 29.2 Å². The Labute approximate surface area is 110 Å². The Kier molecular flexibility index (Phi) is 5.82. The Morgan fingerprint density at radius 2 is 1.78 bits per heavy atom. The van der Waals surface area contributed by atoms with E-state index in [-0.39, 0.29) is 11.5 Å². The van der Waals surface area contributed by atoms with Gasteiger partial charge in [-0.25, -0.2) is 0 Å². The minimum atomic E-state index is -3.59. The van der Waals surface area contributed by atoms with Crippen molar-refractivity contribution < 1.29 is 12.6 Å². The summed E-state index contributed by atoms with van der Waals surface area (Å²) >= 11 is 0. The van der Waals surface area contributed by atoms with Crippen LogP contribution < -0.4 is 0 Å². The monoisotopic (exact) mass is 270 g/mol. The lowest BCUT2D eigenvalue weighted by Crippen LogP contribution is -2.10. The van der Waals surface area contributed by atoms with Crippen molar-refractivity contribution in [3.8, 4) is 0 Å². The number of hydrogen-bond donors (Lipinski definition) is 0. The highest BCUT2D eigenvalue weighted by Crippen LogP contribution is 2.15. The number of rotatable bonds is 7. The average Bonchev–Trinajstić information content (AvgIpc) is 2.29. The van der Waals surface area contributed by atoms with Crippen LogP contribution in [0.1, 0.15) is 38.7 Å². The van der Waals surface area contributed by atoms with E-state index in [4.69, 9.17) is 4.18 Å². The Morgan fingerprint density at radius 3 is 2.33 bits per heavy atom. The van der Waals surface area contributed by atoms with Crippen LogP contribution >= 0.6 is 0 Å². The second-order valence-corrected chi connectivity index (χ2v) is 6.39. The zero-order chi connectivity index (χ0) is 13.6. The van der Waals surface area contributed by atoms with Crippen LogP contribution in [0.4, 0.5) is 0 Å². The maximum Gasteiger partial charge on any atom is 0.296 e. The third kappa shape index (κ3) is 4.78. The van der Waals surface area contributed by atoms with E-state index in [1.54, 1.807) is 24.3 Å². The van der Waals surface area contributed by atoms with E-state index in [1.165, 1.54) is 0 Å². The van der Waals surface area contributed by atoms with Gasteiger partial charge >= 0.3 is 0 Å². The average molecular weight is 270 g/mol. The number of benzene rings is 1. The van der Waals surface area contributed by atoms with Gasteiger partial charge in [-0.15, -0.1) is 0 Å². The van der Waals surface area contributed by atoms with E-state index in [1.807, 2.05) is 6.92 Å². The summed E-state index contributed by atoms with van der Waals surface area (Å²) in [5, 5.41) is 0. The zero-order valence-corrected chi connectivity index (χ0v) is 12.2. The van der Waals surface area contributed by atoms with Gasteiger partial charge in [-0.05, 0) is 31.4 Å². The molecule has 0 radical (unpaired) electrons. The Balaban J connectivity index is 2.52. The molecular formula is C14H22O3S. The standard InChI is InChI=1S/C14H22O3S/c1-4-5-12(2)10-11-17-18(15,16)14-8-6-13(3)7-9-14/h6-9,12H,4-5,10-11H2,1-3H3/t12-/m0/s1. The maximum absolute atomic E-state index is 11.9. The van der Waals surface area contributed by atoms with Crippen LogP contribution in [0.25, 0.3) is 0 Å². The molecule has 0 aliphatic carbocycles. The molecule has 18 heavy (non-hydrogen) atoms. The van der Waals surface area contributed by atoms with Crippen LogP contribution in [0.2, 0.25) is 0 Å². The molecule has 0 aromatic heterocycles. The number of hydrogen-bond acceptors (Lipinski definition) is 3. The smallest absolute Gasteiger partial charge is 0.266 e. The molecule has 0 saturated heterocycles. The highest BCUT2D eigenvalue weighted by molar-refractivity contribution is 7.86. The van der Waals surface area contributed by atoms with Gasteiger partial charge in [-0.1, -0.05) is 44.4 Å². The molecule has 1 atom stereocenters. The van der Waals surface area contributed by atoms with Gasteiger partial charge in [0.05, 0.1) is 11.5 Å². The fourth-order valence-corrected chi connectivity index (χ4v) is 2.69. The normalized spacial score (nSPS) is 13.5. The second kappa shape index (κ2) is 6.90. The third-order valence-electron chi connectivity index (χ3n) is 2.94. The van der Waals surface area contributed by atoms with E-state index >= 15 is 0 Å². The highest BCUT2D eigenvalue weighted by atomic mass is 32.2. The molecule has 1 aromatic rings. The Hall–Kier alpha value is -0.870. The first-order valence-corrected chi connectivity index (χ1v) is 7.82. The van der Waals surface area contributed by atoms with E-state index in [2.05, 4.69) is 13.8 Å². The van der Waals surface area contributed by atoms with Gasteiger partial charge in [0.1, 0.15) is 0 Å². The molecule has 0 bridgehead atoms. The quantitative estimate of drug-likeness (QED) is 0.712. The minimum Gasteiger partial charge on any atom is -0.266 e. The van der Waals surface area contributed by atoms with Crippen molar-refractivity contribution in [3.63, 3.8) is 0 Å². The van der Waals surface area contributed by atoms with Crippen molar-refractivity contribution in [1.29, 1.82) is 0 Å². The summed E-state index contributed by atoms with van der Waals surface area (Å²) in [5.74, 6) is 0.503. The molecular weight excluding hydrogens is 248 g/mol. The summed E-state index contributed by atoms with van der Waals surface area (Å²) in [5.41, 5.74) is 1.03. The molecule has 0 N–H and O–H groups in total. The van der Waals surface area contributed by atoms with Gasteiger partial charge in [-0.3, -0.25) is 4.18 Å². The molecule has 0 aliphatic heterocycles. The van der Waals surface area contributed by atoms with Crippen LogP contribution in [0.3, 0.4) is 0 Å². The van der Waals surface area contributed by atoms with Crippen molar-refractivity contribution in [2.75, 3.05) is 6.61 Å². The fraction of sp³-hybridized carbons (Fsp3) is 0.571. The van der Waals surface area contributed by atoms with E-state index in [9.17, 15) is 8.42 Å². The van der Waals surface area contributed by atoms with Gasteiger partial charge in [-0.2, -0.15) is 8.42 Å². The van der Waals surface area contributed by atoms with Crippen LogP contribution in [-0.2, 0) is 14.3 Å². The van der Waals surface area contributed by atoms with Gasteiger partial charge in [0.2, 0.25) is 0 Å². The van der Waals surface area contributed by atoms with Crippen molar-refractivity contribution >= 4 is 10.1 Å². The van der Waals surface area contributed by atoms with Crippen molar-refractivity contribution in [2.45, 2.75) is 44.9 Å². The minimum absolute atomic E-state index is 0.233. The summed E-state index contributed by atoms with van der Waals surface area (Å²) in [6, 6.07) is 6.71. The molecule has 1 rings (SSSR count). The highest BCUT2D eigenvalue weighted by Gasteiger charge is 2.15. The van der Waals surface area contributed by atoms with Crippen LogP contribution in [-0.4, -0.2) is 15.0 Å².